The van der Waals surface area contributed by atoms with Gasteiger partial charge in [-0.25, -0.2) is 4.39 Å². The first-order valence-corrected chi connectivity index (χ1v) is 18.0. The van der Waals surface area contributed by atoms with Crippen molar-refractivity contribution in [2.24, 2.45) is 0 Å². The highest BCUT2D eigenvalue weighted by atomic mass is 19.1. The smallest absolute Gasteiger partial charge is 0.178 e. The first-order valence-electron chi connectivity index (χ1n) is 18.0. The maximum absolute atomic E-state index is 15.3. The molecular weight excluding hydrogens is 639 g/mol. The number of halogens is 1. The van der Waals surface area contributed by atoms with Gasteiger partial charge in [0.2, 0.25) is 0 Å². The third-order valence-corrected chi connectivity index (χ3v) is 11.4. The van der Waals surface area contributed by atoms with E-state index in [2.05, 4.69) is 96.5 Å². The largest absolute Gasteiger partial charge is 0.495 e. The zero-order chi connectivity index (χ0) is 34.9. The van der Waals surface area contributed by atoms with Gasteiger partial charge in [-0.15, -0.1) is 0 Å². The fourth-order valence-electron chi connectivity index (χ4n) is 9.10. The molecule has 0 aromatic heterocycles. The Morgan fingerprint density at radius 1 is 0.745 bits per heavy atom. The van der Waals surface area contributed by atoms with Crippen LogP contribution in [0, 0.1) is 12.7 Å². The second kappa shape index (κ2) is 12.1. The molecule has 5 aromatic carbocycles. The summed E-state index contributed by atoms with van der Waals surface area (Å²) in [6.45, 7) is 12.6. The van der Waals surface area contributed by atoms with E-state index in [-0.39, 0.29) is 5.82 Å². The first-order chi connectivity index (χ1) is 24.8. The van der Waals surface area contributed by atoms with Crippen molar-refractivity contribution in [1.29, 1.82) is 0 Å². The van der Waals surface area contributed by atoms with E-state index in [1.54, 1.807) is 19.2 Å². The van der Waals surface area contributed by atoms with Gasteiger partial charge in [0.1, 0.15) is 17.3 Å². The molecule has 1 unspecified atom stereocenters. The molecule has 5 aromatic rings. The van der Waals surface area contributed by atoms with Gasteiger partial charge in [-0.05, 0) is 82.6 Å². The van der Waals surface area contributed by atoms with Gasteiger partial charge in [-0.2, -0.15) is 0 Å². The summed E-state index contributed by atoms with van der Waals surface area (Å²) in [6, 6.07) is 27.0. The number of fused-ring (bicyclic) bond motifs is 8. The Hall–Kier alpha value is -4.85. The highest BCUT2D eigenvalue weighted by Crippen LogP contribution is 2.60. The molecule has 260 valence electrons. The normalized spacial score (nSPS) is 20.5. The van der Waals surface area contributed by atoms with Crippen LogP contribution in [-0.4, -0.2) is 59.7 Å². The molecule has 6 nitrogen and oxygen atoms in total. The SMILES string of the molecule is COc1cc2c3c(c4c(c2cc1N1CCOCC1)-c1cc(F)cc(C)c1C4(C)C)C=CC(c1ccccc1)(c1ccc(N2CCOCC2)cc1)O3. The van der Waals surface area contributed by atoms with Crippen LogP contribution in [0.2, 0.25) is 0 Å². The lowest BCUT2D eigenvalue weighted by molar-refractivity contribution is 0.122. The lowest BCUT2D eigenvalue weighted by Gasteiger charge is -2.39. The molecular formula is C44H43FN2O4. The maximum atomic E-state index is 15.3. The molecule has 1 aliphatic carbocycles. The van der Waals surface area contributed by atoms with E-state index in [9.17, 15) is 0 Å². The van der Waals surface area contributed by atoms with Gasteiger partial charge in [0, 0.05) is 59.4 Å². The minimum Gasteiger partial charge on any atom is -0.495 e. The molecule has 2 fully saturated rings. The van der Waals surface area contributed by atoms with Gasteiger partial charge in [0.05, 0.1) is 39.2 Å². The summed E-state index contributed by atoms with van der Waals surface area (Å²) in [5.74, 6) is 1.36. The van der Waals surface area contributed by atoms with Crippen LogP contribution in [0.25, 0.3) is 28.0 Å². The number of nitrogens with zero attached hydrogens (tertiary/aromatic N) is 2. The minimum absolute atomic E-state index is 0.224. The number of hydrogen-bond acceptors (Lipinski definition) is 6. The van der Waals surface area contributed by atoms with Crippen LogP contribution < -0.4 is 19.3 Å². The number of anilines is 2. The van der Waals surface area contributed by atoms with Crippen molar-refractivity contribution in [3.8, 4) is 22.6 Å². The van der Waals surface area contributed by atoms with Crippen LogP contribution in [0.5, 0.6) is 11.5 Å². The summed E-state index contributed by atoms with van der Waals surface area (Å²) in [6.07, 6.45) is 4.47. The number of aryl methyl sites for hydroxylation is 1. The van der Waals surface area contributed by atoms with E-state index < -0.39 is 11.0 Å². The number of ether oxygens (including phenoxy) is 4. The standard InChI is InChI=1S/C44H43FN2O4/c1-28-24-31(45)25-36-39-34-26-37(47-18-22-50-23-19-47)38(48-4)27-35(34)42-33(41(39)43(2,3)40(28)36)14-15-44(51-42,29-8-6-5-7-9-29)30-10-12-32(13-11-30)46-16-20-49-21-17-46/h5-15,24-27H,16-23H2,1-4H3. The molecule has 0 N–H and O–H groups in total. The fraction of sp³-hybridized carbons (Fsp3) is 0.318. The summed E-state index contributed by atoms with van der Waals surface area (Å²) in [5, 5.41) is 1.97. The van der Waals surface area contributed by atoms with Crippen molar-refractivity contribution >= 4 is 28.2 Å². The summed E-state index contributed by atoms with van der Waals surface area (Å²) < 4.78 is 40.4. The Labute approximate surface area is 299 Å². The van der Waals surface area contributed by atoms with Crippen LogP contribution in [-0.2, 0) is 20.5 Å². The van der Waals surface area contributed by atoms with Crippen LogP contribution in [0.4, 0.5) is 15.8 Å². The van der Waals surface area contributed by atoms with Crippen molar-refractivity contribution in [2.75, 3.05) is 69.5 Å². The monoisotopic (exact) mass is 682 g/mol. The molecule has 51 heavy (non-hydrogen) atoms. The Morgan fingerprint density at radius 2 is 1.41 bits per heavy atom. The molecule has 9 rings (SSSR count). The second-order valence-corrected chi connectivity index (χ2v) is 14.6. The quantitative estimate of drug-likeness (QED) is 0.185. The summed E-state index contributed by atoms with van der Waals surface area (Å²) in [5.41, 5.74) is 9.28. The molecule has 0 amide bonds. The van der Waals surface area contributed by atoms with Crippen molar-refractivity contribution in [1.82, 2.24) is 0 Å². The Kier molecular flexibility index (Phi) is 7.64. The van der Waals surface area contributed by atoms with Crippen LogP contribution in [0.3, 0.4) is 0 Å². The Morgan fingerprint density at radius 3 is 2.10 bits per heavy atom. The highest BCUT2D eigenvalue weighted by molar-refractivity contribution is 6.10. The zero-order valence-electron chi connectivity index (χ0n) is 29.7. The average Bonchev–Trinajstić information content (AvgIpc) is 3.41. The molecule has 0 radical (unpaired) electrons. The molecule has 1 atom stereocenters. The number of morpholine rings is 2. The van der Waals surface area contributed by atoms with Gasteiger partial charge in [-0.1, -0.05) is 62.4 Å². The van der Waals surface area contributed by atoms with Gasteiger partial charge in [-0.3, -0.25) is 0 Å². The van der Waals surface area contributed by atoms with Gasteiger partial charge >= 0.3 is 0 Å². The highest BCUT2D eigenvalue weighted by Gasteiger charge is 2.45. The lowest BCUT2D eigenvalue weighted by atomic mass is 9.76. The van der Waals surface area contributed by atoms with Gasteiger partial charge in [0.25, 0.3) is 0 Å². The average molecular weight is 683 g/mol. The molecule has 0 saturated carbocycles. The topological polar surface area (TPSA) is 43.4 Å². The fourth-order valence-corrected chi connectivity index (χ4v) is 9.10. The van der Waals surface area contributed by atoms with E-state index in [1.165, 1.54) is 5.69 Å². The van der Waals surface area contributed by atoms with E-state index in [0.29, 0.717) is 13.2 Å². The van der Waals surface area contributed by atoms with E-state index >= 15 is 4.39 Å². The summed E-state index contributed by atoms with van der Waals surface area (Å²) >= 11 is 0. The number of hydrogen-bond donors (Lipinski definition) is 0. The molecule has 3 heterocycles. The van der Waals surface area contributed by atoms with E-state index in [0.717, 1.165) is 112 Å². The second-order valence-electron chi connectivity index (χ2n) is 14.6. The van der Waals surface area contributed by atoms with E-state index in [1.807, 2.05) is 13.0 Å². The Bertz CT molecular complexity index is 2180. The molecule has 3 aliphatic heterocycles. The molecule has 2 saturated heterocycles. The molecule has 0 spiro atoms. The molecule has 4 aliphatic rings. The van der Waals surface area contributed by atoms with Gasteiger partial charge < -0.3 is 28.7 Å². The van der Waals surface area contributed by atoms with Crippen LogP contribution in [0.1, 0.15) is 47.2 Å². The van der Waals surface area contributed by atoms with Crippen LogP contribution in [0.15, 0.2) is 84.9 Å². The minimum atomic E-state index is -0.896. The lowest BCUT2D eigenvalue weighted by Crippen LogP contribution is -2.37. The number of benzene rings is 5. The molecule has 7 heteroatoms. The van der Waals surface area contributed by atoms with Crippen molar-refractivity contribution in [3.05, 3.63) is 124 Å². The van der Waals surface area contributed by atoms with E-state index in [4.69, 9.17) is 18.9 Å². The Balaban J connectivity index is 1.31. The zero-order valence-corrected chi connectivity index (χ0v) is 29.7. The molecule has 0 bridgehead atoms. The van der Waals surface area contributed by atoms with Crippen molar-refractivity contribution in [2.45, 2.75) is 31.8 Å². The third-order valence-electron chi connectivity index (χ3n) is 11.4. The predicted octanol–water partition coefficient (Wildman–Crippen LogP) is 8.62. The van der Waals surface area contributed by atoms with Crippen LogP contribution >= 0.6 is 0 Å². The van der Waals surface area contributed by atoms with Gasteiger partial charge in [0.15, 0.2) is 5.60 Å². The van der Waals surface area contributed by atoms with Crippen molar-refractivity contribution in [3.63, 3.8) is 0 Å². The van der Waals surface area contributed by atoms with Crippen molar-refractivity contribution < 1.29 is 23.3 Å². The number of methoxy groups -OCH3 is 1. The first kappa shape index (κ1) is 32.1. The maximum Gasteiger partial charge on any atom is 0.178 e. The predicted molar refractivity (Wildman–Crippen MR) is 202 cm³/mol. The third kappa shape index (κ3) is 4.96. The summed E-state index contributed by atoms with van der Waals surface area (Å²) in [7, 11) is 1.73. The number of rotatable bonds is 5. The summed E-state index contributed by atoms with van der Waals surface area (Å²) in [4.78, 5) is 4.70.